The Hall–Kier alpha value is -3.15. The van der Waals surface area contributed by atoms with Crippen LogP contribution in [0.5, 0.6) is 5.75 Å². The van der Waals surface area contributed by atoms with Gasteiger partial charge < -0.3 is 14.2 Å². The van der Waals surface area contributed by atoms with Crippen LogP contribution in [0.25, 0.3) is 11.4 Å². The van der Waals surface area contributed by atoms with E-state index in [1.54, 1.807) is 7.11 Å². The highest BCUT2D eigenvalue weighted by atomic mass is 16.5. The van der Waals surface area contributed by atoms with Crippen molar-refractivity contribution in [3.8, 4) is 17.1 Å². The molecule has 0 radical (unpaired) electrons. The molecule has 1 fully saturated rings. The molecule has 1 saturated heterocycles. The van der Waals surface area contributed by atoms with Gasteiger partial charge in [-0.3, -0.25) is 4.79 Å². The third-order valence-electron chi connectivity index (χ3n) is 5.18. The van der Waals surface area contributed by atoms with E-state index in [2.05, 4.69) is 17.1 Å². The first-order chi connectivity index (χ1) is 13.7. The van der Waals surface area contributed by atoms with Gasteiger partial charge in [-0.25, -0.2) is 0 Å². The first-order valence-electron chi connectivity index (χ1n) is 9.57. The molecule has 0 N–H and O–H groups in total. The van der Waals surface area contributed by atoms with Gasteiger partial charge in [-0.2, -0.15) is 4.98 Å². The molecule has 3 aromatic rings. The van der Waals surface area contributed by atoms with Crippen LogP contribution in [0.15, 0.2) is 53.1 Å². The zero-order valence-electron chi connectivity index (χ0n) is 16.1. The lowest BCUT2D eigenvalue weighted by Crippen LogP contribution is -2.30. The van der Waals surface area contributed by atoms with Gasteiger partial charge >= 0.3 is 0 Å². The molecule has 0 saturated carbocycles. The van der Waals surface area contributed by atoms with Crippen LogP contribution in [0.3, 0.4) is 0 Å². The third kappa shape index (κ3) is 3.50. The van der Waals surface area contributed by atoms with Crippen molar-refractivity contribution < 1.29 is 14.1 Å². The van der Waals surface area contributed by atoms with Crippen molar-refractivity contribution in [1.29, 1.82) is 0 Å². The largest absolute Gasteiger partial charge is 0.497 e. The summed E-state index contributed by atoms with van der Waals surface area (Å²) in [6, 6.07) is 15.1. The first-order valence-corrected chi connectivity index (χ1v) is 9.57. The lowest BCUT2D eigenvalue weighted by Gasteiger charge is -2.22. The Labute approximate surface area is 164 Å². The quantitative estimate of drug-likeness (QED) is 0.664. The van der Waals surface area contributed by atoms with Crippen LogP contribution in [-0.4, -0.2) is 34.6 Å². The Morgan fingerprint density at radius 1 is 1.25 bits per heavy atom. The number of benzene rings is 2. The number of aromatic nitrogens is 2. The van der Waals surface area contributed by atoms with Crippen LogP contribution in [0.2, 0.25) is 0 Å². The van der Waals surface area contributed by atoms with E-state index >= 15 is 0 Å². The zero-order valence-corrected chi connectivity index (χ0v) is 16.1. The van der Waals surface area contributed by atoms with E-state index in [0.29, 0.717) is 23.8 Å². The second-order valence-corrected chi connectivity index (χ2v) is 6.90. The molecule has 4 rings (SSSR count). The fourth-order valence-corrected chi connectivity index (χ4v) is 3.57. The number of carbonyl (C=O) groups excluding carboxylic acids is 1. The van der Waals surface area contributed by atoms with E-state index in [0.717, 1.165) is 30.6 Å². The Morgan fingerprint density at radius 2 is 2.07 bits per heavy atom. The smallest absolute Gasteiger partial charge is 0.254 e. The summed E-state index contributed by atoms with van der Waals surface area (Å²) in [7, 11) is 1.62. The fourth-order valence-electron chi connectivity index (χ4n) is 3.57. The number of aryl methyl sites for hydroxylation is 1. The lowest BCUT2D eigenvalue weighted by molar-refractivity contribution is 0.0710. The van der Waals surface area contributed by atoms with Gasteiger partial charge in [0.15, 0.2) is 0 Å². The second kappa shape index (κ2) is 7.84. The molecule has 6 nitrogen and oxygen atoms in total. The normalized spacial score (nSPS) is 16.4. The molecule has 1 aromatic heterocycles. The molecule has 144 valence electrons. The van der Waals surface area contributed by atoms with E-state index in [9.17, 15) is 4.79 Å². The molecule has 2 aromatic carbocycles. The standard InChI is InChI=1S/C22H23N3O3/c1-3-15-9-11-16(12-10-15)22(26)25-13-5-8-19(25)21-23-20(24-28-21)17-6-4-7-18(14-17)27-2/h4,6-7,9-12,14,19H,3,5,8,13H2,1-2H3/t19-/m1/s1. The molecule has 1 aliphatic rings. The van der Waals surface area contributed by atoms with Crippen LogP contribution >= 0.6 is 0 Å². The predicted molar refractivity (Wildman–Crippen MR) is 105 cm³/mol. The van der Waals surface area contributed by atoms with Crippen molar-refractivity contribution in [1.82, 2.24) is 15.0 Å². The Bertz CT molecular complexity index is 965. The molecule has 1 atom stereocenters. The van der Waals surface area contributed by atoms with Crippen LogP contribution in [0.4, 0.5) is 0 Å². The molecule has 0 unspecified atom stereocenters. The maximum Gasteiger partial charge on any atom is 0.254 e. The highest BCUT2D eigenvalue weighted by molar-refractivity contribution is 5.94. The van der Waals surface area contributed by atoms with Crippen LogP contribution in [0, 0.1) is 0 Å². The summed E-state index contributed by atoms with van der Waals surface area (Å²) in [6.45, 7) is 2.79. The molecule has 2 heterocycles. The minimum absolute atomic E-state index is 0.00582. The van der Waals surface area contributed by atoms with Crippen LogP contribution in [0.1, 0.15) is 47.6 Å². The third-order valence-corrected chi connectivity index (χ3v) is 5.18. The number of hydrogen-bond donors (Lipinski definition) is 0. The Morgan fingerprint density at radius 3 is 2.82 bits per heavy atom. The molecule has 1 amide bonds. The number of ether oxygens (including phenoxy) is 1. The molecule has 0 aliphatic carbocycles. The fraction of sp³-hybridized carbons (Fsp3) is 0.318. The number of rotatable bonds is 5. The maximum absolute atomic E-state index is 13.0. The van der Waals surface area contributed by atoms with Gasteiger partial charge in [0.1, 0.15) is 11.8 Å². The minimum atomic E-state index is -0.190. The summed E-state index contributed by atoms with van der Waals surface area (Å²) >= 11 is 0. The summed E-state index contributed by atoms with van der Waals surface area (Å²) in [5.74, 6) is 1.72. The van der Waals surface area contributed by atoms with Gasteiger partial charge in [0.25, 0.3) is 5.91 Å². The number of nitrogens with zero attached hydrogens (tertiary/aromatic N) is 3. The number of likely N-dealkylation sites (tertiary alicyclic amines) is 1. The number of amides is 1. The minimum Gasteiger partial charge on any atom is -0.497 e. The first kappa shape index (κ1) is 18.2. The number of carbonyl (C=O) groups is 1. The summed E-state index contributed by atoms with van der Waals surface area (Å²) in [5, 5.41) is 4.12. The number of hydrogen-bond acceptors (Lipinski definition) is 5. The van der Waals surface area contributed by atoms with Crippen molar-refractivity contribution in [3.63, 3.8) is 0 Å². The average molecular weight is 377 g/mol. The van der Waals surface area contributed by atoms with Crippen LogP contribution < -0.4 is 4.74 Å². The molecular formula is C22H23N3O3. The summed E-state index contributed by atoms with van der Waals surface area (Å²) in [4.78, 5) is 19.4. The Kier molecular flexibility index (Phi) is 5.10. The van der Waals surface area contributed by atoms with E-state index in [1.807, 2.05) is 53.4 Å². The molecule has 28 heavy (non-hydrogen) atoms. The van der Waals surface area contributed by atoms with E-state index in [-0.39, 0.29) is 11.9 Å². The van der Waals surface area contributed by atoms with Gasteiger partial charge in [-0.15, -0.1) is 0 Å². The number of methoxy groups -OCH3 is 1. The summed E-state index contributed by atoms with van der Waals surface area (Å²) < 4.78 is 10.8. The monoisotopic (exact) mass is 377 g/mol. The molecule has 0 spiro atoms. The van der Waals surface area contributed by atoms with Crippen molar-refractivity contribution in [2.75, 3.05) is 13.7 Å². The van der Waals surface area contributed by atoms with Crippen molar-refractivity contribution in [3.05, 3.63) is 65.5 Å². The molecular weight excluding hydrogens is 354 g/mol. The highest BCUT2D eigenvalue weighted by Crippen LogP contribution is 2.33. The van der Waals surface area contributed by atoms with Gasteiger partial charge in [0.2, 0.25) is 11.7 Å². The van der Waals surface area contributed by atoms with Gasteiger partial charge in [0, 0.05) is 17.7 Å². The molecule has 0 bridgehead atoms. The van der Waals surface area contributed by atoms with Crippen molar-refractivity contribution >= 4 is 5.91 Å². The van der Waals surface area contributed by atoms with Gasteiger partial charge in [-0.1, -0.05) is 36.3 Å². The molecule has 1 aliphatic heterocycles. The summed E-state index contributed by atoms with van der Waals surface area (Å²) in [5.41, 5.74) is 2.73. The van der Waals surface area contributed by atoms with E-state index < -0.39 is 0 Å². The molecule has 6 heteroatoms. The summed E-state index contributed by atoms with van der Waals surface area (Å²) in [6.07, 6.45) is 2.69. The zero-order chi connectivity index (χ0) is 19.5. The van der Waals surface area contributed by atoms with Crippen molar-refractivity contribution in [2.24, 2.45) is 0 Å². The highest BCUT2D eigenvalue weighted by Gasteiger charge is 2.34. The average Bonchev–Trinajstić information content (AvgIpc) is 3.43. The Balaban J connectivity index is 1.56. The lowest BCUT2D eigenvalue weighted by atomic mass is 10.1. The van der Waals surface area contributed by atoms with Gasteiger partial charge in [0.05, 0.1) is 7.11 Å². The van der Waals surface area contributed by atoms with E-state index in [4.69, 9.17) is 9.26 Å². The maximum atomic E-state index is 13.0. The van der Waals surface area contributed by atoms with E-state index in [1.165, 1.54) is 5.56 Å². The predicted octanol–water partition coefficient (Wildman–Crippen LogP) is 4.28. The second-order valence-electron chi connectivity index (χ2n) is 6.90. The topological polar surface area (TPSA) is 68.5 Å². The van der Waals surface area contributed by atoms with Gasteiger partial charge in [-0.05, 0) is 49.1 Å². The van der Waals surface area contributed by atoms with Crippen LogP contribution in [-0.2, 0) is 6.42 Å². The van der Waals surface area contributed by atoms with Crippen molar-refractivity contribution in [2.45, 2.75) is 32.2 Å². The SMILES string of the molecule is CCc1ccc(C(=O)N2CCC[C@@H]2c2nc(-c3cccc(OC)c3)no2)cc1.